The van der Waals surface area contributed by atoms with E-state index in [1.807, 2.05) is 0 Å². The van der Waals surface area contributed by atoms with Gasteiger partial charge in [0.1, 0.15) is 0 Å². The summed E-state index contributed by atoms with van der Waals surface area (Å²) in [5.74, 6) is -1.64. The fraction of sp³-hybridized carbons (Fsp3) is 0.529. The Bertz CT molecular complexity index is 775. The number of carboxylic acids is 1. The number of carbonyl (C=O) groups excluding carboxylic acids is 1. The Kier molecular flexibility index (Phi) is 6.47. The molecule has 9 heteroatoms. The lowest BCUT2D eigenvalue weighted by atomic mass is 10.2. The average molecular weight is 385 g/mol. The van der Waals surface area contributed by atoms with Crippen LogP contribution >= 0.6 is 0 Å². The zero-order chi connectivity index (χ0) is 19.3. The monoisotopic (exact) mass is 385 g/mol. The number of fused-ring (bicyclic) bond motifs is 1. The summed E-state index contributed by atoms with van der Waals surface area (Å²) in [5, 5.41) is 8.88. The van der Waals surface area contributed by atoms with Crippen molar-refractivity contribution in [1.82, 2.24) is 4.90 Å². The van der Waals surface area contributed by atoms with Gasteiger partial charge in [-0.3, -0.25) is 9.59 Å². The van der Waals surface area contributed by atoms with E-state index in [-0.39, 0.29) is 23.6 Å². The summed E-state index contributed by atoms with van der Waals surface area (Å²) in [4.78, 5) is 24.2. The number of aliphatic carboxylic acids is 1. The van der Waals surface area contributed by atoms with E-state index in [1.165, 1.54) is 31.0 Å². The van der Waals surface area contributed by atoms with Crippen molar-refractivity contribution in [2.45, 2.75) is 24.7 Å². The zero-order valence-corrected chi connectivity index (χ0v) is 15.6. The number of ether oxygens (including phenoxy) is 2. The molecule has 1 amide bonds. The first-order chi connectivity index (χ1) is 12.2. The van der Waals surface area contributed by atoms with Gasteiger partial charge in [0.25, 0.3) is 0 Å². The molecule has 26 heavy (non-hydrogen) atoms. The van der Waals surface area contributed by atoms with Crippen LogP contribution in [0.25, 0.3) is 0 Å². The minimum atomic E-state index is -3.68. The molecule has 0 saturated carbocycles. The number of amides is 1. The van der Waals surface area contributed by atoms with Crippen LogP contribution in [0, 0.1) is 5.92 Å². The Morgan fingerprint density at radius 3 is 2.54 bits per heavy atom. The van der Waals surface area contributed by atoms with Crippen molar-refractivity contribution in [2.24, 2.45) is 5.92 Å². The van der Waals surface area contributed by atoms with E-state index < -0.39 is 27.6 Å². The van der Waals surface area contributed by atoms with E-state index in [4.69, 9.17) is 14.6 Å². The molecular formula is C17H23NO7S. The SMILES string of the molecule is CC(CN(C)C(=O)CCS(=O)(=O)c1ccc2c(c1)OCCCO2)C(=O)O. The number of carboxylic acid groups (broad SMARTS) is 1. The molecule has 0 spiro atoms. The van der Waals surface area contributed by atoms with E-state index in [0.29, 0.717) is 31.1 Å². The molecule has 1 unspecified atom stereocenters. The molecular weight excluding hydrogens is 362 g/mol. The quantitative estimate of drug-likeness (QED) is 0.750. The van der Waals surface area contributed by atoms with E-state index in [1.54, 1.807) is 6.07 Å². The van der Waals surface area contributed by atoms with Gasteiger partial charge in [0.15, 0.2) is 21.3 Å². The third kappa shape index (κ3) is 5.10. The first-order valence-corrected chi connectivity index (χ1v) is 9.95. The van der Waals surface area contributed by atoms with Gasteiger partial charge in [-0.25, -0.2) is 8.42 Å². The summed E-state index contributed by atoms with van der Waals surface area (Å²) in [6.45, 7) is 2.47. The molecule has 2 rings (SSSR count). The first-order valence-electron chi connectivity index (χ1n) is 8.30. The van der Waals surface area contributed by atoms with Crippen LogP contribution in [0.1, 0.15) is 19.8 Å². The third-order valence-corrected chi connectivity index (χ3v) is 5.77. The number of carbonyl (C=O) groups is 2. The average Bonchev–Trinajstić information content (AvgIpc) is 2.84. The Morgan fingerprint density at radius 2 is 1.88 bits per heavy atom. The molecule has 0 fully saturated rings. The minimum Gasteiger partial charge on any atom is -0.490 e. The van der Waals surface area contributed by atoms with Gasteiger partial charge in [0, 0.05) is 32.5 Å². The fourth-order valence-corrected chi connectivity index (χ4v) is 3.70. The van der Waals surface area contributed by atoms with Gasteiger partial charge in [-0.15, -0.1) is 0 Å². The van der Waals surface area contributed by atoms with Gasteiger partial charge in [-0.05, 0) is 12.1 Å². The van der Waals surface area contributed by atoms with Crippen molar-refractivity contribution >= 4 is 21.7 Å². The van der Waals surface area contributed by atoms with Gasteiger partial charge in [-0.2, -0.15) is 0 Å². The van der Waals surface area contributed by atoms with E-state index in [9.17, 15) is 18.0 Å². The molecule has 1 aromatic carbocycles. The maximum Gasteiger partial charge on any atom is 0.308 e. The summed E-state index contributed by atoms with van der Waals surface area (Å²) in [6.07, 6.45) is 0.492. The Morgan fingerprint density at radius 1 is 1.23 bits per heavy atom. The highest BCUT2D eigenvalue weighted by Crippen LogP contribution is 2.32. The predicted molar refractivity (Wildman–Crippen MR) is 93.2 cm³/mol. The maximum absolute atomic E-state index is 12.5. The fourth-order valence-electron chi connectivity index (χ4n) is 2.46. The van der Waals surface area contributed by atoms with Gasteiger partial charge < -0.3 is 19.5 Å². The third-order valence-electron chi connectivity index (χ3n) is 4.06. The number of nitrogens with zero attached hydrogens (tertiary/aromatic N) is 1. The van der Waals surface area contributed by atoms with E-state index in [2.05, 4.69) is 0 Å². The van der Waals surface area contributed by atoms with Gasteiger partial charge in [-0.1, -0.05) is 6.92 Å². The second-order valence-corrected chi connectivity index (χ2v) is 8.35. The standard InChI is InChI=1S/C17H23NO7S/c1-12(17(20)21)11-18(2)16(19)6-9-26(22,23)13-4-5-14-15(10-13)25-8-3-7-24-14/h4-5,10,12H,3,6-9,11H2,1-2H3,(H,20,21). The van der Waals surface area contributed by atoms with Crippen LogP contribution in [-0.2, 0) is 19.4 Å². The van der Waals surface area contributed by atoms with Crippen LogP contribution in [0.5, 0.6) is 11.5 Å². The van der Waals surface area contributed by atoms with Crippen LogP contribution in [0.4, 0.5) is 0 Å². The topological polar surface area (TPSA) is 110 Å². The van der Waals surface area contributed by atoms with Crippen molar-refractivity contribution in [3.05, 3.63) is 18.2 Å². The van der Waals surface area contributed by atoms with Crippen molar-refractivity contribution in [3.63, 3.8) is 0 Å². The number of hydrogen-bond donors (Lipinski definition) is 1. The number of hydrogen-bond acceptors (Lipinski definition) is 6. The molecule has 1 atom stereocenters. The van der Waals surface area contributed by atoms with Crippen LogP contribution < -0.4 is 9.47 Å². The summed E-state index contributed by atoms with van der Waals surface area (Å²) in [5.41, 5.74) is 0. The largest absolute Gasteiger partial charge is 0.490 e. The normalized spacial score (nSPS) is 15.0. The summed E-state index contributed by atoms with van der Waals surface area (Å²) >= 11 is 0. The lowest BCUT2D eigenvalue weighted by Crippen LogP contribution is -2.34. The highest BCUT2D eigenvalue weighted by molar-refractivity contribution is 7.91. The molecule has 1 aliphatic heterocycles. The number of rotatable bonds is 7. The summed E-state index contributed by atoms with van der Waals surface area (Å²) in [7, 11) is -2.22. The van der Waals surface area contributed by atoms with E-state index >= 15 is 0 Å². The predicted octanol–water partition coefficient (Wildman–Crippen LogP) is 1.19. The highest BCUT2D eigenvalue weighted by Gasteiger charge is 2.22. The summed E-state index contributed by atoms with van der Waals surface area (Å²) < 4.78 is 36.0. The second kappa shape index (κ2) is 8.39. The minimum absolute atomic E-state index is 0.0260. The summed E-state index contributed by atoms with van der Waals surface area (Å²) in [6, 6.07) is 4.40. The lowest BCUT2D eigenvalue weighted by Gasteiger charge is -2.19. The van der Waals surface area contributed by atoms with Crippen LogP contribution in [-0.4, -0.2) is 62.9 Å². The van der Waals surface area contributed by atoms with E-state index in [0.717, 1.165) is 0 Å². The Hall–Kier alpha value is -2.29. The van der Waals surface area contributed by atoms with Gasteiger partial charge in [0.05, 0.1) is 29.8 Å². The zero-order valence-electron chi connectivity index (χ0n) is 14.8. The number of sulfone groups is 1. The van der Waals surface area contributed by atoms with Crippen LogP contribution in [0.2, 0.25) is 0 Å². The molecule has 1 aromatic rings. The molecule has 8 nitrogen and oxygen atoms in total. The van der Waals surface area contributed by atoms with Gasteiger partial charge >= 0.3 is 5.97 Å². The molecule has 1 aliphatic rings. The smallest absolute Gasteiger partial charge is 0.308 e. The molecule has 0 aliphatic carbocycles. The molecule has 1 heterocycles. The second-order valence-electron chi connectivity index (χ2n) is 6.24. The van der Waals surface area contributed by atoms with Crippen molar-refractivity contribution in [3.8, 4) is 11.5 Å². The number of benzene rings is 1. The molecule has 0 aromatic heterocycles. The van der Waals surface area contributed by atoms with Gasteiger partial charge in [0.2, 0.25) is 5.91 Å². The molecule has 0 bridgehead atoms. The van der Waals surface area contributed by atoms with Crippen LogP contribution in [0.15, 0.2) is 23.1 Å². The molecule has 144 valence electrons. The molecule has 0 saturated heterocycles. The van der Waals surface area contributed by atoms with Crippen molar-refractivity contribution < 1.29 is 32.6 Å². The first kappa shape index (κ1) is 20.0. The highest BCUT2D eigenvalue weighted by atomic mass is 32.2. The Labute approximate surface area is 152 Å². The van der Waals surface area contributed by atoms with Crippen LogP contribution in [0.3, 0.4) is 0 Å². The van der Waals surface area contributed by atoms with Crippen molar-refractivity contribution in [2.75, 3.05) is 32.6 Å². The lowest BCUT2D eigenvalue weighted by molar-refractivity contribution is -0.142. The Balaban J connectivity index is 2.01. The van der Waals surface area contributed by atoms with Crippen molar-refractivity contribution in [1.29, 1.82) is 0 Å². The maximum atomic E-state index is 12.5. The molecule has 0 radical (unpaired) electrons. The molecule has 1 N–H and O–H groups in total.